The second-order valence-corrected chi connectivity index (χ2v) is 5.93. The Hall–Kier alpha value is -0.970. The lowest BCUT2D eigenvalue weighted by molar-refractivity contribution is 0.175. The Morgan fingerprint density at radius 3 is 3.00 bits per heavy atom. The molecule has 0 aliphatic carbocycles. The number of hydrogen-bond acceptors (Lipinski definition) is 2. The first-order chi connectivity index (χ1) is 9.60. The van der Waals surface area contributed by atoms with Crippen LogP contribution in [0.3, 0.4) is 0 Å². The van der Waals surface area contributed by atoms with Crippen LogP contribution < -0.4 is 11.1 Å². The highest BCUT2D eigenvalue weighted by atomic mass is 35.5. The summed E-state index contributed by atoms with van der Waals surface area (Å²) in [5.74, 6) is 0.495. The number of carbonyl (C=O) groups is 1. The van der Waals surface area contributed by atoms with Gasteiger partial charge in [-0.1, -0.05) is 23.2 Å². The molecule has 1 aliphatic heterocycles. The second kappa shape index (κ2) is 7.16. The fourth-order valence-electron chi connectivity index (χ4n) is 2.51. The van der Waals surface area contributed by atoms with E-state index in [1.807, 2.05) is 4.90 Å². The number of nitrogens with one attached hydrogen (secondary N) is 1. The van der Waals surface area contributed by atoms with Crippen LogP contribution >= 0.6 is 23.2 Å². The van der Waals surface area contributed by atoms with E-state index in [4.69, 9.17) is 28.9 Å². The molecule has 0 saturated carbocycles. The SMILES string of the molecule is NCCC1CCCN(C(=O)Nc2cc(Cl)ccc2Cl)C1. The van der Waals surface area contributed by atoms with Crippen LogP contribution in [0.25, 0.3) is 0 Å². The van der Waals surface area contributed by atoms with Gasteiger partial charge in [-0.15, -0.1) is 0 Å². The molecule has 3 N–H and O–H groups in total. The summed E-state index contributed by atoms with van der Waals surface area (Å²) in [6.07, 6.45) is 3.11. The molecule has 110 valence electrons. The maximum absolute atomic E-state index is 12.3. The number of nitrogens with zero attached hydrogens (tertiary/aromatic N) is 1. The summed E-state index contributed by atoms with van der Waals surface area (Å²) in [5.41, 5.74) is 6.14. The number of benzene rings is 1. The van der Waals surface area contributed by atoms with Crippen molar-refractivity contribution >= 4 is 34.9 Å². The Bertz CT molecular complexity index is 479. The number of rotatable bonds is 3. The van der Waals surface area contributed by atoms with Gasteiger partial charge in [0.2, 0.25) is 0 Å². The normalized spacial score (nSPS) is 18.9. The molecule has 1 aliphatic rings. The monoisotopic (exact) mass is 315 g/mol. The minimum atomic E-state index is -0.129. The van der Waals surface area contributed by atoms with Crippen molar-refractivity contribution in [3.8, 4) is 0 Å². The van der Waals surface area contributed by atoms with Gasteiger partial charge < -0.3 is 16.0 Å². The Balaban J connectivity index is 1.99. The van der Waals surface area contributed by atoms with E-state index in [2.05, 4.69) is 5.32 Å². The number of nitrogens with two attached hydrogens (primary N) is 1. The second-order valence-electron chi connectivity index (χ2n) is 5.09. The fraction of sp³-hybridized carbons (Fsp3) is 0.500. The summed E-state index contributed by atoms with van der Waals surface area (Å²) >= 11 is 12.0. The highest BCUT2D eigenvalue weighted by molar-refractivity contribution is 6.35. The zero-order chi connectivity index (χ0) is 14.5. The van der Waals surface area contributed by atoms with Crippen LogP contribution in [-0.2, 0) is 0 Å². The van der Waals surface area contributed by atoms with E-state index in [1.165, 1.54) is 0 Å². The molecule has 1 heterocycles. The quantitative estimate of drug-likeness (QED) is 0.895. The number of anilines is 1. The van der Waals surface area contributed by atoms with Crippen molar-refractivity contribution in [2.75, 3.05) is 25.0 Å². The summed E-state index contributed by atoms with van der Waals surface area (Å²) in [7, 11) is 0. The maximum atomic E-state index is 12.3. The fourth-order valence-corrected chi connectivity index (χ4v) is 2.85. The van der Waals surface area contributed by atoms with E-state index in [1.54, 1.807) is 18.2 Å². The number of carbonyl (C=O) groups excluding carboxylic acids is 1. The van der Waals surface area contributed by atoms with Crippen molar-refractivity contribution in [3.63, 3.8) is 0 Å². The molecule has 1 aromatic rings. The van der Waals surface area contributed by atoms with Gasteiger partial charge in [-0.3, -0.25) is 0 Å². The Labute approximate surface area is 129 Å². The molecular weight excluding hydrogens is 297 g/mol. The van der Waals surface area contributed by atoms with Crippen LogP contribution in [0.2, 0.25) is 10.0 Å². The van der Waals surface area contributed by atoms with Crippen molar-refractivity contribution in [1.29, 1.82) is 0 Å². The average Bonchev–Trinajstić information content (AvgIpc) is 2.43. The Morgan fingerprint density at radius 1 is 1.45 bits per heavy atom. The number of likely N-dealkylation sites (tertiary alicyclic amines) is 1. The molecule has 1 unspecified atom stereocenters. The van der Waals surface area contributed by atoms with Crippen LogP contribution in [0.15, 0.2) is 18.2 Å². The van der Waals surface area contributed by atoms with Crippen LogP contribution in [0.1, 0.15) is 19.3 Å². The summed E-state index contributed by atoms with van der Waals surface area (Å²) in [6.45, 7) is 2.19. The van der Waals surface area contributed by atoms with E-state index in [0.717, 1.165) is 32.4 Å². The van der Waals surface area contributed by atoms with Gasteiger partial charge in [0, 0.05) is 18.1 Å². The number of amides is 2. The van der Waals surface area contributed by atoms with Gasteiger partial charge >= 0.3 is 6.03 Å². The van der Waals surface area contributed by atoms with Gasteiger partial charge in [0.1, 0.15) is 0 Å². The number of piperidine rings is 1. The minimum absolute atomic E-state index is 0.129. The van der Waals surface area contributed by atoms with Crippen molar-refractivity contribution in [3.05, 3.63) is 28.2 Å². The van der Waals surface area contributed by atoms with Gasteiger partial charge in [-0.25, -0.2) is 4.79 Å². The van der Waals surface area contributed by atoms with E-state index in [-0.39, 0.29) is 6.03 Å². The van der Waals surface area contributed by atoms with Gasteiger partial charge in [0.25, 0.3) is 0 Å². The molecule has 4 nitrogen and oxygen atoms in total. The Morgan fingerprint density at radius 2 is 2.25 bits per heavy atom. The highest BCUT2D eigenvalue weighted by Gasteiger charge is 2.23. The van der Waals surface area contributed by atoms with Gasteiger partial charge in [0.15, 0.2) is 0 Å². The standard InChI is InChI=1S/C14H19Cl2N3O/c15-11-3-4-12(16)13(8-11)18-14(20)19-7-1-2-10(9-19)5-6-17/h3-4,8,10H,1-2,5-7,9,17H2,(H,18,20). The first kappa shape index (κ1) is 15.4. The van der Waals surface area contributed by atoms with Crippen molar-refractivity contribution in [2.24, 2.45) is 11.7 Å². The predicted molar refractivity (Wildman–Crippen MR) is 83.4 cm³/mol. The van der Waals surface area contributed by atoms with Crippen molar-refractivity contribution < 1.29 is 4.79 Å². The number of halogens is 2. The van der Waals surface area contributed by atoms with Gasteiger partial charge in [-0.05, 0) is 49.9 Å². The molecule has 2 amide bonds. The summed E-state index contributed by atoms with van der Waals surface area (Å²) in [4.78, 5) is 14.1. The lowest BCUT2D eigenvalue weighted by Crippen LogP contribution is -2.42. The molecule has 2 rings (SSSR count). The first-order valence-corrected chi connectivity index (χ1v) is 7.57. The molecule has 20 heavy (non-hydrogen) atoms. The molecule has 1 atom stereocenters. The number of hydrogen-bond donors (Lipinski definition) is 2. The highest BCUT2D eigenvalue weighted by Crippen LogP contribution is 2.26. The lowest BCUT2D eigenvalue weighted by atomic mass is 9.95. The summed E-state index contributed by atoms with van der Waals surface area (Å²) in [6, 6.07) is 4.89. The topological polar surface area (TPSA) is 58.4 Å². The van der Waals surface area contributed by atoms with E-state index in [0.29, 0.717) is 28.2 Å². The predicted octanol–water partition coefficient (Wildman–Crippen LogP) is 3.59. The number of urea groups is 1. The molecular formula is C14H19Cl2N3O. The molecule has 0 radical (unpaired) electrons. The molecule has 1 fully saturated rings. The lowest BCUT2D eigenvalue weighted by Gasteiger charge is -2.32. The molecule has 6 heteroatoms. The molecule has 1 aromatic carbocycles. The molecule has 1 saturated heterocycles. The average molecular weight is 316 g/mol. The third kappa shape index (κ3) is 4.01. The molecule has 0 spiro atoms. The van der Waals surface area contributed by atoms with Crippen LogP contribution in [0.4, 0.5) is 10.5 Å². The third-order valence-corrected chi connectivity index (χ3v) is 4.12. The van der Waals surface area contributed by atoms with Gasteiger partial charge in [-0.2, -0.15) is 0 Å². The van der Waals surface area contributed by atoms with Crippen molar-refractivity contribution in [1.82, 2.24) is 4.90 Å². The summed E-state index contributed by atoms with van der Waals surface area (Å²) < 4.78 is 0. The molecule has 0 aromatic heterocycles. The third-order valence-electron chi connectivity index (χ3n) is 3.55. The minimum Gasteiger partial charge on any atom is -0.330 e. The van der Waals surface area contributed by atoms with E-state index in [9.17, 15) is 4.79 Å². The van der Waals surface area contributed by atoms with Crippen LogP contribution in [0, 0.1) is 5.92 Å². The van der Waals surface area contributed by atoms with Crippen molar-refractivity contribution in [2.45, 2.75) is 19.3 Å². The smallest absolute Gasteiger partial charge is 0.321 e. The zero-order valence-corrected chi connectivity index (χ0v) is 12.8. The van der Waals surface area contributed by atoms with Crippen LogP contribution in [-0.4, -0.2) is 30.6 Å². The van der Waals surface area contributed by atoms with Crippen LogP contribution in [0.5, 0.6) is 0 Å². The van der Waals surface area contributed by atoms with E-state index < -0.39 is 0 Å². The Kier molecular flexibility index (Phi) is 5.52. The van der Waals surface area contributed by atoms with Gasteiger partial charge in [0.05, 0.1) is 10.7 Å². The molecule has 0 bridgehead atoms. The largest absolute Gasteiger partial charge is 0.330 e. The summed E-state index contributed by atoms with van der Waals surface area (Å²) in [5, 5.41) is 3.85. The van der Waals surface area contributed by atoms with E-state index >= 15 is 0 Å². The maximum Gasteiger partial charge on any atom is 0.321 e. The zero-order valence-electron chi connectivity index (χ0n) is 11.2. The first-order valence-electron chi connectivity index (χ1n) is 6.81.